The molecule has 1 atom stereocenters. The summed E-state index contributed by atoms with van der Waals surface area (Å²) < 4.78 is 37.3. The second kappa shape index (κ2) is 3.43. The second-order valence-electron chi connectivity index (χ2n) is 3.92. The molecule has 15 heavy (non-hydrogen) atoms. The van der Waals surface area contributed by atoms with Gasteiger partial charge in [-0.3, -0.25) is 0 Å². The SMILES string of the molecule is C[C@H]1CCNc2cc(C(F)(F)F)ccc21. The zero-order chi connectivity index (χ0) is 11.1. The Hall–Kier alpha value is -1.19. The number of hydrogen-bond acceptors (Lipinski definition) is 1. The summed E-state index contributed by atoms with van der Waals surface area (Å²) in [5.74, 6) is 0.337. The molecule has 1 heterocycles. The van der Waals surface area contributed by atoms with Gasteiger partial charge in [-0.25, -0.2) is 0 Å². The van der Waals surface area contributed by atoms with Crippen molar-refractivity contribution in [3.8, 4) is 0 Å². The Labute approximate surface area is 86.3 Å². The van der Waals surface area contributed by atoms with Crippen LogP contribution in [0, 0.1) is 0 Å². The Morgan fingerprint density at radius 3 is 2.73 bits per heavy atom. The molecular weight excluding hydrogens is 203 g/mol. The van der Waals surface area contributed by atoms with Gasteiger partial charge in [0.15, 0.2) is 0 Å². The lowest BCUT2D eigenvalue weighted by Gasteiger charge is -2.24. The van der Waals surface area contributed by atoms with Gasteiger partial charge in [-0.2, -0.15) is 13.2 Å². The molecule has 1 aliphatic rings. The number of anilines is 1. The first-order valence-electron chi connectivity index (χ1n) is 4.93. The van der Waals surface area contributed by atoms with E-state index in [0.29, 0.717) is 11.6 Å². The summed E-state index contributed by atoms with van der Waals surface area (Å²) in [6.45, 7) is 2.78. The lowest BCUT2D eigenvalue weighted by atomic mass is 9.92. The smallest absolute Gasteiger partial charge is 0.385 e. The van der Waals surface area contributed by atoms with Crippen molar-refractivity contribution in [2.75, 3.05) is 11.9 Å². The molecule has 1 aromatic rings. The normalized spacial score (nSPS) is 20.7. The summed E-state index contributed by atoms with van der Waals surface area (Å²) in [5, 5.41) is 3.01. The van der Waals surface area contributed by atoms with Crippen LogP contribution in [0.5, 0.6) is 0 Å². The number of benzene rings is 1. The number of nitrogens with one attached hydrogen (secondary N) is 1. The van der Waals surface area contributed by atoms with Gasteiger partial charge >= 0.3 is 6.18 Å². The summed E-state index contributed by atoms with van der Waals surface area (Å²) >= 11 is 0. The largest absolute Gasteiger partial charge is 0.416 e. The summed E-state index contributed by atoms with van der Waals surface area (Å²) in [6.07, 6.45) is -3.28. The van der Waals surface area contributed by atoms with Crippen LogP contribution in [-0.4, -0.2) is 6.54 Å². The molecule has 0 aliphatic carbocycles. The van der Waals surface area contributed by atoms with Crippen molar-refractivity contribution < 1.29 is 13.2 Å². The van der Waals surface area contributed by atoms with Crippen LogP contribution in [0.25, 0.3) is 0 Å². The average Bonchev–Trinajstić information content (AvgIpc) is 2.16. The van der Waals surface area contributed by atoms with E-state index in [1.807, 2.05) is 6.92 Å². The predicted molar refractivity (Wildman–Crippen MR) is 53.0 cm³/mol. The van der Waals surface area contributed by atoms with Crippen LogP contribution in [0.1, 0.15) is 30.4 Å². The van der Waals surface area contributed by atoms with Crippen LogP contribution in [0.2, 0.25) is 0 Å². The fourth-order valence-corrected chi connectivity index (χ4v) is 1.89. The van der Waals surface area contributed by atoms with E-state index in [1.54, 1.807) is 6.07 Å². The highest BCUT2D eigenvalue weighted by molar-refractivity contribution is 5.56. The standard InChI is InChI=1S/C11H12F3N/c1-7-4-5-15-10-6-8(11(12,13)14)2-3-9(7)10/h2-3,6-7,15H,4-5H2,1H3/t7-/m0/s1. The average molecular weight is 215 g/mol. The van der Waals surface area contributed by atoms with Crippen molar-refractivity contribution in [1.82, 2.24) is 0 Å². The van der Waals surface area contributed by atoms with Crippen LogP contribution >= 0.6 is 0 Å². The highest BCUT2D eigenvalue weighted by Gasteiger charge is 2.31. The predicted octanol–water partition coefficient (Wildman–Crippen LogP) is 3.62. The molecule has 0 amide bonds. The molecule has 0 aromatic heterocycles. The van der Waals surface area contributed by atoms with E-state index in [-0.39, 0.29) is 0 Å². The van der Waals surface area contributed by atoms with Gasteiger partial charge in [-0.15, -0.1) is 0 Å². The zero-order valence-corrected chi connectivity index (χ0v) is 8.36. The van der Waals surface area contributed by atoms with Gasteiger partial charge in [0.1, 0.15) is 0 Å². The van der Waals surface area contributed by atoms with Crippen molar-refractivity contribution in [2.45, 2.75) is 25.4 Å². The van der Waals surface area contributed by atoms with Crippen molar-refractivity contribution >= 4 is 5.69 Å². The third-order valence-electron chi connectivity index (χ3n) is 2.80. The van der Waals surface area contributed by atoms with E-state index in [4.69, 9.17) is 0 Å². The molecule has 82 valence electrons. The van der Waals surface area contributed by atoms with E-state index < -0.39 is 11.7 Å². The molecule has 0 unspecified atom stereocenters. The van der Waals surface area contributed by atoms with Gasteiger partial charge < -0.3 is 5.32 Å². The first-order chi connectivity index (χ1) is 6.98. The summed E-state index contributed by atoms with van der Waals surface area (Å²) in [4.78, 5) is 0. The fourth-order valence-electron chi connectivity index (χ4n) is 1.89. The number of halogens is 3. The number of alkyl halides is 3. The molecule has 1 aromatic carbocycles. The van der Waals surface area contributed by atoms with Gasteiger partial charge in [0.25, 0.3) is 0 Å². The van der Waals surface area contributed by atoms with Crippen molar-refractivity contribution in [2.24, 2.45) is 0 Å². The maximum atomic E-state index is 12.4. The zero-order valence-electron chi connectivity index (χ0n) is 8.36. The molecule has 2 rings (SSSR count). The van der Waals surface area contributed by atoms with Gasteiger partial charge in [-0.1, -0.05) is 13.0 Å². The third kappa shape index (κ3) is 1.94. The Kier molecular flexibility index (Phi) is 2.37. The Morgan fingerprint density at radius 1 is 1.33 bits per heavy atom. The van der Waals surface area contributed by atoms with Crippen LogP contribution in [0.3, 0.4) is 0 Å². The molecule has 1 nitrogen and oxygen atoms in total. The first-order valence-corrected chi connectivity index (χ1v) is 4.93. The number of hydrogen-bond donors (Lipinski definition) is 1. The lowest BCUT2D eigenvalue weighted by Crippen LogP contribution is -2.16. The van der Waals surface area contributed by atoms with Gasteiger partial charge in [-0.05, 0) is 30.0 Å². The minimum Gasteiger partial charge on any atom is -0.385 e. The lowest BCUT2D eigenvalue weighted by molar-refractivity contribution is -0.137. The Bertz CT molecular complexity index is 371. The third-order valence-corrected chi connectivity index (χ3v) is 2.80. The fraction of sp³-hybridized carbons (Fsp3) is 0.455. The highest BCUT2D eigenvalue weighted by Crippen LogP contribution is 2.36. The molecule has 0 fully saturated rings. The van der Waals surface area contributed by atoms with Crippen LogP contribution in [-0.2, 0) is 6.18 Å². The molecule has 0 saturated heterocycles. The van der Waals surface area contributed by atoms with E-state index >= 15 is 0 Å². The van der Waals surface area contributed by atoms with Gasteiger partial charge in [0.05, 0.1) is 5.56 Å². The topological polar surface area (TPSA) is 12.0 Å². The van der Waals surface area contributed by atoms with Gasteiger partial charge in [0.2, 0.25) is 0 Å². The highest BCUT2D eigenvalue weighted by atomic mass is 19.4. The van der Waals surface area contributed by atoms with Crippen molar-refractivity contribution in [3.05, 3.63) is 29.3 Å². The molecule has 0 saturated carbocycles. The number of fused-ring (bicyclic) bond motifs is 1. The monoisotopic (exact) mass is 215 g/mol. The van der Waals surface area contributed by atoms with Crippen LogP contribution in [0.4, 0.5) is 18.9 Å². The van der Waals surface area contributed by atoms with Crippen LogP contribution in [0.15, 0.2) is 18.2 Å². The van der Waals surface area contributed by atoms with Crippen molar-refractivity contribution in [1.29, 1.82) is 0 Å². The molecule has 0 bridgehead atoms. The Balaban J connectivity index is 2.42. The quantitative estimate of drug-likeness (QED) is 0.696. The van der Waals surface area contributed by atoms with E-state index in [1.165, 1.54) is 6.07 Å². The maximum Gasteiger partial charge on any atom is 0.416 e. The molecular formula is C11H12F3N. The van der Waals surface area contributed by atoms with E-state index in [2.05, 4.69) is 5.32 Å². The minimum absolute atomic E-state index is 0.337. The molecule has 0 spiro atoms. The minimum atomic E-state index is -4.25. The summed E-state index contributed by atoms with van der Waals surface area (Å²) in [5.41, 5.74) is 1.03. The molecule has 0 radical (unpaired) electrons. The number of rotatable bonds is 0. The summed E-state index contributed by atoms with van der Waals surface area (Å²) in [7, 11) is 0. The Morgan fingerprint density at radius 2 is 2.07 bits per heavy atom. The maximum absolute atomic E-state index is 12.4. The second-order valence-corrected chi connectivity index (χ2v) is 3.92. The van der Waals surface area contributed by atoms with Crippen LogP contribution < -0.4 is 5.32 Å². The van der Waals surface area contributed by atoms with E-state index in [0.717, 1.165) is 24.6 Å². The van der Waals surface area contributed by atoms with Crippen molar-refractivity contribution in [3.63, 3.8) is 0 Å². The summed E-state index contributed by atoms with van der Waals surface area (Å²) in [6, 6.07) is 3.93. The first kappa shape index (κ1) is 10.3. The molecule has 1 aliphatic heterocycles. The van der Waals surface area contributed by atoms with Gasteiger partial charge in [0, 0.05) is 12.2 Å². The molecule has 1 N–H and O–H groups in total. The molecule has 4 heteroatoms. The van der Waals surface area contributed by atoms with E-state index in [9.17, 15) is 13.2 Å².